The molecule has 0 saturated heterocycles. The van der Waals surface area contributed by atoms with Gasteiger partial charge in [0.2, 0.25) is 5.16 Å². The van der Waals surface area contributed by atoms with Crippen molar-refractivity contribution in [2.24, 2.45) is 12.5 Å². The Kier molecular flexibility index (Phi) is 4.49. The summed E-state index contributed by atoms with van der Waals surface area (Å²) in [7, 11) is 1.83. The van der Waals surface area contributed by atoms with Crippen LogP contribution in [0.1, 0.15) is 32.4 Å². The van der Waals surface area contributed by atoms with Crippen LogP contribution in [0.25, 0.3) is 11.4 Å². The second-order valence-corrected chi connectivity index (χ2v) is 8.85. The fraction of sp³-hybridized carbons (Fsp3) is 0.421. The zero-order chi connectivity index (χ0) is 20.1. The van der Waals surface area contributed by atoms with Gasteiger partial charge in [-0.2, -0.15) is 4.68 Å². The van der Waals surface area contributed by atoms with E-state index in [-0.39, 0.29) is 22.0 Å². The number of para-hydroxylation sites is 1. The van der Waals surface area contributed by atoms with Crippen molar-refractivity contribution in [3.63, 3.8) is 0 Å². The molecule has 1 aliphatic carbocycles. The lowest BCUT2D eigenvalue weighted by Crippen LogP contribution is -2.24. The van der Waals surface area contributed by atoms with E-state index in [0.717, 1.165) is 24.2 Å². The number of ketones is 1. The molecular weight excluding hydrogens is 376 g/mol. The number of rotatable bonds is 4. The molecule has 0 bridgehead atoms. The Morgan fingerprint density at radius 1 is 1.18 bits per heavy atom. The molecule has 2 aromatic heterocycles. The van der Waals surface area contributed by atoms with Crippen LogP contribution < -0.4 is 5.56 Å². The van der Waals surface area contributed by atoms with E-state index in [1.807, 2.05) is 58.2 Å². The predicted octanol–water partition coefficient (Wildman–Crippen LogP) is 2.31. The van der Waals surface area contributed by atoms with E-state index in [9.17, 15) is 9.59 Å². The molecule has 1 atom stereocenters. The van der Waals surface area contributed by atoms with Crippen molar-refractivity contribution < 1.29 is 4.79 Å². The van der Waals surface area contributed by atoms with Gasteiger partial charge >= 0.3 is 0 Å². The molecule has 1 aromatic carbocycles. The normalized spacial score (nSPS) is 18.7. The Morgan fingerprint density at radius 2 is 1.89 bits per heavy atom. The van der Waals surface area contributed by atoms with Crippen LogP contribution in [0, 0.1) is 12.3 Å². The van der Waals surface area contributed by atoms with Crippen LogP contribution in [0.2, 0.25) is 0 Å². The summed E-state index contributed by atoms with van der Waals surface area (Å²) in [6.45, 7) is 5.80. The highest BCUT2D eigenvalue weighted by atomic mass is 32.2. The van der Waals surface area contributed by atoms with Gasteiger partial charge in [-0.25, -0.2) is 4.68 Å². The predicted molar refractivity (Wildman–Crippen MR) is 106 cm³/mol. The van der Waals surface area contributed by atoms with Crippen molar-refractivity contribution in [3.05, 3.63) is 46.4 Å². The number of Topliss-reactive ketones (excluding diaryl/α,β-unsaturated/α-hetero) is 1. The summed E-state index contributed by atoms with van der Waals surface area (Å²) in [5.74, 6) is 0.207. The molecule has 1 fully saturated rings. The maximum absolute atomic E-state index is 13.2. The first-order valence-corrected chi connectivity index (χ1v) is 10.0. The van der Waals surface area contributed by atoms with E-state index in [4.69, 9.17) is 0 Å². The highest BCUT2D eigenvalue weighted by molar-refractivity contribution is 8.00. The van der Waals surface area contributed by atoms with Crippen LogP contribution in [-0.2, 0) is 11.8 Å². The molecule has 1 saturated carbocycles. The Hall–Kier alpha value is -2.68. The number of carbonyl (C=O) groups is 1. The lowest BCUT2D eigenvalue weighted by molar-refractivity contribution is -0.123. The molecule has 8 nitrogen and oxygen atoms in total. The van der Waals surface area contributed by atoms with Crippen LogP contribution in [0.3, 0.4) is 0 Å². The van der Waals surface area contributed by atoms with Crippen molar-refractivity contribution >= 4 is 17.5 Å². The Balaban J connectivity index is 1.76. The van der Waals surface area contributed by atoms with Gasteiger partial charge in [0.25, 0.3) is 5.56 Å². The first-order chi connectivity index (χ1) is 13.3. The molecule has 28 heavy (non-hydrogen) atoms. The Labute approximate surface area is 166 Å². The van der Waals surface area contributed by atoms with E-state index in [0.29, 0.717) is 10.8 Å². The highest BCUT2D eigenvalue weighted by Crippen LogP contribution is 2.41. The SMILES string of the molecule is Cc1c(-n2nnnc2SC2CCC(C)(C)C2=O)c(=O)n(-c2ccccc2)n1C. The average molecular weight is 398 g/mol. The first-order valence-electron chi connectivity index (χ1n) is 9.15. The summed E-state index contributed by atoms with van der Waals surface area (Å²) in [5.41, 5.74) is 1.36. The minimum absolute atomic E-state index is 0.194. The number of nitrogens with zero attached hydrogens (tertiary/aromatic N) is 6. The lowest BCUT2D eigenvalue weighted by atomic mass is 9.91. The van der Waals surface area contributed by atoms with E-state index >= 15 is 0 Å². The summed E-state index contributed by atoms with van der Waals surface area (Å²) >= 11 is 1.34. The molecule has 0 aliphatic heterocycles. The van der Waals surface area contributed by atoms with E-state index in [2.05, 4.69) is 15.5 Å². The largest absolute Gasteiger partial charge is 0.298 e. The number of thioether (sulfide) groups is 1. The topological polar surface area (TPSA) is 87.6 Å². The summed E-state index contributed by atoms with van der Waals surface area (Å²) < 4.78 is 4.83. The summed E-state index contributed by atoms with van der Waals surface area (Å²) in [4.78, 5) is 25.8. The van der Waals surface area contributed by atoms with Gasteiger partial charge in [-0.05, 0) is 42.3 Å². The Bertz CT molecular complexity index is 1100. The van der Waals surface area contributed by atoms with Crippen molar-refractivity contribution in [1.82, 2.24) is 29.6 Å². The van der Waals surface area contributed by atoms with Crippen molar-refractivity contribution in [1.29, 1.82) is 0 Å². The van der Waals surface area contributed by atoms with Gasteiger partial charge in [0, 0.05) is 12.5 Å². The van der Waals surface area contributed by atoms with Crippen LogP contribution in [0.4, 0.5) is 0 Å². The maximum atomic E-state index is 13.2. The second kappa shape index (κ2) is 6.73. The number of aromatic nitrogens is 6. The van der Waals surface area contributed by atoms with E-state index < -0.39 is 0 Å². The van der Waals surface area contributed by atoms with E-state index in [1.165, 1.54) is 16.4 Å². The molecule has 0 amide bonds. The Morgan fingerprint density at radius 3 is 2.54 bits per heavy atom. The summed E-state index contributed by atoms with van der Waals surface area (Å²) in [6.07, 6.45) is 1.63. The van der Waals surface area contributed by atoms with Gasteiger partial charge in [0.05, 0.1) is 16.6 Å². The van der Waals surface area contributed by atoms with Gasteiger partial charge in [0.15, 0.2) is 11.5 Å². The lowest BCUT2D eigenvalue weighted by Gasteiger charge is -2.15. The van der Waals surface area contributed by atoms with Crippen molar-refractivity contribution in [2.75, 3.05) is 0 Å². The van der Waals surface area contributed by atoms with Gasteiger partial charge in [-0.15, -0.1) is 5.10 Å². The van der Waals surface area contributed by atoms with Gasteiger partial charge in [-0.1, -0.05) is 43.8 Å². The third kappa shape index (κ3) is 2.90. The number of tetrazole rings is 1. The minimum Gasteiger partial charge on any atom is -0.298 e. The second-order valence-electron chi connectivity index (χ2n) is 7.68. The quantitative estimate of drug-likeness (QED) is 0.670. The first kappa shape index (κ1) is 18.7. The third-order valence-electron chi connectivity index (χ3n) is 5.42. The molecule has 2 heterocycles. The summed E-state index contributed by atoms with van der Waals surface area (Å²) in [5, 5.41) is 12.2. The molecule has 3 aromatic rings. The molecular formula is C19H22N6O2S. The van der Waals surface area contributed by atoms with Crippen LogP contribution in [0.5, 0.6) is 0 Å². The molecule has 0 spiro atoms. The van der Waals surface area contributed by atoms with Gasteiger partial charge in [-0.3, -0.25) is 14.3 Å². The molecule has 4 rings (SSSR count). The van der Waals surface area contributed by atoms with Crippen molar-refractivity contribution in [3.8, 4) is 11.4 Å². The van der Waals surface area contributed by atoms with E-state index in [1.54, 1.807) is 9.36 Å². The zero-order valence-corrected chi connectivity index (χ0v) is 17.1. The fourth-order valence-corrected chi connectivity index (χ4v) is 4.84. The molecule has 9 heteroatoms. The monoisotopic (exact) mass is 398 g/mol. The smallest absolute Gasteiger partial charge is 0.297 e. The average Bonchev–Trinajstić information content (AvgIpc) is 3.28. The number of hydrogen-bond donors (Lipinski definition) is 0. The number of benzene rings is 1. The van der Waals surface area contributed by atoms with Gasteiger partial charge in [0.1, 0.15) is 0 Å². The molecule has 146 valence electrons. The molecule has 1 unspecified atom stereocenters. The maximum Gasteiger partial charge on any atom is 0.297 e. The zero-order valence-electron chi connectivity index (χ0n) is 16.3. The standard InChI is InChI=1S/C19H22N6O2S/c1-12-15(17(27)25(23(12)4)13-8-6-5-7-9-13)24-18(20-21-22-24)28-14-10-11-19(2,3)16(14)26/h5-9,14H,10-11H2,1-4H3. The van der Waals surface area contributed by atoms with Crippen molar-refractivity contribution in [2.45, 2.75) is 44.0 Å². The molecule has 0 N–H and O–H groups in total. The molecule has 1 aliphatic rings. The number of carbonyl (C=O) groups excluding carboxylic acids is 1. The van der Waals surface area contributed by atoms with Gasteiger partial charge < -0.3 is 0 Å². The highest BCUT2D eigenvalue weighted by Gasteiger charge is 2.41. The van der Waals surface area contributed by atoms with Crippen LogP contribution >= 0.6 is 11.8 Å². The minimum atomic E-state index is -0.321. The fourth-order valence-electron chi connectivity index (χ4n) is 3.61. The summed E-state index contributed by atoms with van der Waals surface area (Å²) in [6, 6.07) is 9.42. The molecule has 0 radical (unpaired) electrons. The van der Waals surface area contributed by atoms with Crippen LogP contribution in [0.15, 0.2) is 40.3 Å². The third-order valence-corrected chi connectivity index (χ3v) is 6.61. The number of hydrogen-bond acceptors (Lipinski definition) is 6. The van der Waals surface area contributed by atoms with Crippen LogP contribution in [-0.4, -0.2) is 40.6 Å².